The van der Waals surface area contributed by atoms with E-state index < -0.39 is 7.26 Å². The van der Waals surface area contributed by atoms with Gasteiger partial charge in [-0.3, -0.25) is 0 Å². The zero-order valence-electron chi connectivity index (χ0n) is 15.4. The number of hydrogen-bond acceptors (Lipinski definition) is 0. The molecule has 21 heavy (non-hydrogen) atoms. The second-order valence-electron chi connectivity index (χ2n) is 6.71. The fraction of sp³-hybridized carbons (Fsp3) is 1.00. The second kappa shape index (κ2) is 17.1. The van der Waals surface area contributed by atoms with Gasteiger partial charge in [-0.15, -0.1) is 0 Å². The molecular weight excluding hydrogens is 295 g/mol. The van der Waals surface area contributed by atoms with Gasteiger partial charge in [-0.25, -0.2) is 0 Å². The molecule has 0 N–H and O–H groups in total. The van der Waals surface area contributed by atoms with Gasteiger partial charge in [0.25, 0.3) is 0 Å². The first kappa shape index (κ1) is 24.0. The second-order valence-corrected chi connectivity index (χ2v) is 11.2. The van der Waals surface area contributed by atoms with E-state index in [1.807, 2.05) is 0 Å². The zero-order valence-corrected chi connectivity index (χ0v) is 17.1. The Labute approximate surface area is 143 Å². The minimum atomic E-state index is -0.594. The summed E-state index contributed by atoms with van der Waals surface area (Å²) in [5.41, 5.74) is 0. The number of hydrogen-bond donors (Lipinski definition) is 0. The van der Waals surface area contributed by atoms with E-state index in [1.54, 1.807) is 24.6 Å². The Bertz CT molecular complexity index is 172. The van der Waals surface area contributed by atoms with Crippen molar-refractivity contribution in [2.24, 2.45) is 0 Å². The third kappa shape index (κ3) is 12.9. The summed E-state index contributed by atoms with van der Waals surface area (Å²) < 4.78 is 0. The lowest BCUT2D eigenvalue weighted by Crippen LogP contribution is -3.00. The lowest BCUT2D eigenvalue weighted by Gasteiger charge is -2.28. The van der Waals surface area contributed by atoms with Crippen molar-refractivity contribution in [1.82, 2.24) is 0 Å². The molecule has 0 aromatic carbocycles. The average Bonchev–Trinajstić information content (AvgIpc) is 2.48. The molecule has 130 valence electrons. The predicted octanol–water partition coefficient (Wildman–Crippen LogP) is 4.38. The van der Waals surface area contributed by atoms with Crippen LogP contribution in [0.3, 0.4) is 0 Å². The molecule has 0 nitrogen and oxygen atoms in total. The summed E-state index contributed by atoms with van der Waals surface area (Å²) >= 11 is 0. The molecule has 0 unspecified atom stereocenters. The summed E-state index contributed by atoms with van der Waals surface area (Å²) in [5.74, 6) is 0. The molecule has 0 saturated carbocycles. The van der Waals surface area contributed by atoms with Crippen LogP contribution in [0.15, 0.2) is 0 Å². The molecule has 0 aliphatic heterocycles. The van der Waals surface area contributed by atoms with Crippen molar-refractivity contribution in [2.45, 2.75) is 98.3 Å². The standard InChI is InChI=1S/C19H42P.ClH/c1-5-9-13-14-15-19-20(16-10-6-2,17-11-7-3)18-12-8-4;/h5-19H2,1-4H3;1H/q+1;/p-1. The molecule has 0 aliphatic carbocycles. The monoisotopic (exact) mass is 336 g/mol. The Kier molecular flexibility index (Phi) is 19.5. The highest BCUT2D eigenvalue weighted by Gasteiger charge is 2.34. The smallest absolute Gasteiger partial charge is 0.0594 e. The molecule has 0 spiro atoms. The number of unbranched alkanes of at least 4 members (excludes halogenated alkanes) is 7. The van der Waals surface area contributed by atoms with Gasteiger partial charge < -0.3 is 12.4 Å². The van der Waals surface area contributed by atoms with Crippen LogP contribution in [0.2, 0.25) is 0 Å². The summed E-state index contributed by atoms with van der Waals surface area (Å²) in [7, 11) is -0.594. The molecule has 0 aliphatic rings. The van der Waals surface area contributed by atoms with Crippen LogP contribution in [-0.4, -0.2) is 24.6 Å². The van der Waals surface area contributed by atoms with E-state index in [2.05, 4.69) is 27.7 Å². The topological polar surface area (TPSA) is 0 Å². The molecule has 0 aromatic heterocycles. The van der Waals surface area contributed by atoms with Crippen molar-refractivity contribution in [3.63, 3.8) is 0 Å². The molecule has 0 atom stereocenters. The van der Waals surface area contributed by atoms with Crippen LogP contribution < -0.4 is 12.4 Å². The van der Waals surface area contributed by atoms with E-state index in [1.165, 1.54) is 70.6 Å². The van der Waals surface area contributed by atoms with E-state index in [4.69, 9.17) is 0 Å². The maximum atomic E-state index is 2.37. The quantitative estimate of drug-likeness (QED) is 0.307. The van der Waals surface area contributed by atoms with E-state index in [0.29, 0.717) is 0 Å². The Balaban J connectivity index is 0. The molecule has 0 aromatic rings. The van der Waals surface area contributed by atoms with Crippen molar-refractivity contribution in [3.05, 3.63) is 0 Å². The first-order chi connectivity index (χ1) is 9.74. The molecule has 0 heterocycles. The molecule has 0 bridgehead atoms. The minimum Gasteiger partial charge on any atom is -1.00 e. The van der Waals surface area contributed by atoms with Crippen LogP contribution in [0.4, 0.5) is 0 Å². The van der Waals surface area contributed by atoms with Gasteiger partial charge in [0, 0.05) is 7.26 Å². The van der Waals surface area contributed by atoms with Crippen molar-refractivity contribution in [3.8, 4) is 0 Å². The third-order valence-electron chi connectivity index (χ3n) is 4.69. The first-order valence-corrected chi connectivity index (χ1v) is 12.1. The van der Waals surface area contributed by atoms with E-state index in [9.17, 15) is 0 Å². The average molecular weight is 337 g/mol. The minimum absolute atomic E-state index is 0. The summed E-state index contributed by atoms with van der Waals surface area (Å²) in [6.45, 7) is 9.43. The Morgan fingerprint density at radius 3 is 1.14 bits per heavy atom. The summed E-state index contributed by atoms with van der Waals surface area (Å²) in [6.07, 6.45) is 22.5. The van der Waals surface area contributed by atoms with Gasteiger partial charge in [-0.05, 0) is 32.1 Å². The van der Waals surface area contributed by atoms with Crippen LogP contribution in [0.25, 0.3) is 0 Å². The van der Waals surface area contributed by atoms with Gasteiger partial charge in [0.2, 0.25) is 0 Å². The SMILES string of the molecule is CCCCCCC[P+](CCCC)(CCCC)CCCC.[Cl-]. The normalized spacial score (nSPS) is 11.4. The van der Waals surface area contributed by atoms with Crippen molar-refractivity contribution >= 4 is 7.26 Å². The lowest BCUT2D eigenvalue weighted by atomic mass is 10.2. The highest BCUT2D eigenvalue weighted by molar-refractivity contribution is 7.75. The highest BCUT2D eigenvalue weighted by atomic mass is 35.5. The van der Waals surface area contributed by atoms with Gasteiger partial charge in [0.05, 0.1) is 24.6 Å². The third-order valence-corrected chi connectivity index (χ3v) is 9.75. The fourth-order valence-corrected chi connectivity index (χ4v) is 8.40. The van der Waals surface area contributed by atoms with Crippen molar-refractivity contribution in [1.29, 1.82) is 0 Å². The molecule has 0 amide bonds. The van der Waals surface area contributed by atoms with Crippen LogP contribution >= 0.6 is 7.26 Å². The van der Waals surface area contributed by atoms with Gasteiger partial charge in [0.15, 0.2) is 0 Å². The maximum absolute atomic E-state index is 2.37. The van der Waals surface area contributed by atoms with Gasteiger partial charge in [-0.2, -0.15) is 0 Å². The summed E-state index contributed by atoms with van der Waals surface area (Å²) in [5, 5.41) is 0. The van der Waals surface area contributed by atoms with Crippen molar-refractivity contribution in [2.75, 3.05) is 24.6 Å². The van der Waals surface area contributed by atoms with Crippen LogP contribution in [-0.2, 0) is 0 Å². The highest BCUT2D eigenvalue weighted by Crippen LogP contribution is 2.61. The summed E-state index contributed by atoms with van der Waals surface area (Å²) in [6, 6.07) is 0. The Morgan fingerprint density at radius 1 is 0.429 bits per heavy atom. The van der Waals surface area contributed by atoms with Crippen LogP contribution in [0.1, 0.15) is 98.3 Å². The number of rotatable bonds is 15. The predicted molar refractivity (Wildman–Crippen MR) is 99.9 cm³/mol. The largest absolute Gasteiger partial charge is 1.00 e. The molecule has 0 fully saturated rings. The van der Waals surface area contributed by atoms with E-state index >= 15 is 0 Å². The van der Waals surface area contributed by atoms with Crippen molar-refractivity contribution < 1.29 is 12.4 Å². The maximum Gasteiger partial charge on any atom is 0.0594 e. The van der Waals surface area contributed by atoms with Crippen LogP contribution in [0, 0.1) is 0 Å². The first-order valence-electron chi connectivity index (χ1n) is 9.59. The number of halogens is 1. The van der Waals surface area contributed by atoms with Gasteiger partial charge >= 0.3 is 0 Å². The Morgan fingerprint density at radius 2 is 0.762 bits per heavy atom. The molecule has 0 radical (unpaired) electrons. The molecule has 0 saturated heterocycles. The lowest BCUT2D eigenvalue weighted by molar-refractivity contribution is -0.00000469. The Hall–Kier alpha value is 0.720. The van der Waals surface area contributed by atoms with Crippen LogP contribution in [0.5, 0.6) is 0 Å². The summed E-state index contributed by atoms with van der Waals surface area (Å²) in [4.78, 5) is 0. The van der Waals surface area contributed by atoms with E-state index in [0.717, 1.165) is 0 Å². The van der Waals surface area contributed by atoms with Gasteiger partial charge in [-0.1, -0.05) is 66.2 Å². The van der Waals surface area contributed by atoms with Gasteiger partial charge in [0.1, 0.15) is 0 Å². The molecule has 0 rings (SSSR count). The zero-order chi connectivity index (χ0) is 15.1. The molecular formula is C19H42ClP. The van der Waals surface area contributed by atoms with E-state index in [-0.39, 0.29) is 12.4 Å². The fourth-order valence-electron chi connectivity index (χ4n) is 3.20. The molecule has 2 heteroatoms.